The maximum atomic E-state index is 12.9. The van der Waals surface area contributed by atoms with E-state index in [0.717, 1.165) is 5.56 Å². The molecule has 30 heavy (non-hydrogen) atoms. The average Bonchev–Trinajstić information content (AvgIpc) is 2.75. The minimum Gasteiger partial charge on any atom is -0.494 e. The van der Waals surface area contributed by atoms with Crippen molar-refractivity contribution in [3.63, 3.8) is 0 Å². The molecule has 1 heterocycles. The van der Waals surface area contributed by atoms with Crippen LogP contribution in [0.4, 0.5) is 0 Å². The van der Waals surface area contributed by atoms with Gasteiger partial charge in [-0.25, -0.2) is 8.42 Å². The number of rotatable bonds is 7. The van der Waals surface area contributed by atoms with Crippen molar-refractivity contribution in [3.05, 3.63) is 59.1 Å². The molecule has 0 bridgehead atoms. The van der Waals surface area contributed by atoms with E-state index in [2.05, 4.69) is 5.32 Å². The van der Waals surface area contributed by atoms with Crippen molar-refractivity contribution in [1.82, 2.24) is 9.62 Å². The van der Waals surface area contributed by atoms with Gasteiger partial charge < -0.3 is 10.1 Å². The Labute approximate surface area is 183 Å². The molecule has 3 rings (SSSR count). The zero-order valence-corrected chi connectivity index (χ0v) is 18.7. The van der Waals surface area contributed by atoms with E-state index in [1.165, 1.54) is 4.31 Å². The normalized spacial score (nSPS) is 16.8. The van der Waals surface area contributed by atoms with Crippen LogP contribution in [0.2, 0.25) is 5.02 Å². The van der Waals surface area contributed by atoms with Gasteiger partial charge in [-0.1, -0.05) is 23.7 Å². The summed E-state index contributed by atoms with van der Waals surface area (Å²) in [5, 5.41) is 3.68. The number of hydrogen-bond donors (Lipinski definition) is 1. The minimum absolute atomic E-state index is 0.0458. The summed E-state index contributed by atoms with van der Waals surface area (Å²) in [6.45, 7) is 4.97. The molecule has 2 aromatic rings. The van der Waals surface area contributed by atoms with Crippen molar-refractivity contribution in [2.75, 3.05) is 19.7 Å². The third kappa shape index (κ3) is 5.33. The number of sulfonamides is 1. The van der Waals surface area contributed by atoms with E-state index in [4.69, 9.17) is 16.3 Å². The quantitative estimate of drug-likeness (QED) is 0.691. The number of nitrogens with zero attached hydrogens (tertiary/aromatic N) is 1. The third-order valence-electron chi connectivity index (χ3n) is 5.33. The van der Waals surface area contributed by atoms with Crippen molar-refractivity contribution in [2.45, 2.75) is 37.6 Å². The Bertz CT molecular complexity index is 954. The number of amides is 1. The van der Waals surface area contributed by atoms with Crippen LogP contribution in [0, 0.1) is 5.92 Å². The number of halogens is 1. The second kappa shape index (κ2) is 9.81. The Morgan fingerprint density at radius 2 is 1.73 bits per heavy atom. The first-order chi connectivity index (χ1) is 14.3. The van der Waals surface area contributed by atoms with Crippen LogP contribution in [-0.2, 0) is 14.8 Å². The largest absolute Gasteiger partial charge is 0.494 e. The van der Waals surface area contributed by atoms with Crippen LogP contribution >= 0.6 is 11.6 Å². The molecular formula is C22H27ClN2O4S. The molecule has 162 valence electrons. The fourth-order valence-corrected chi connectivity index (χ4v) is 5.14. The minimum atomic E-state index is -3.58. The Balaban J connectivity index is 1.56. The summed E-state index contributed by atoms with van der Waals surface area (Å²) < 4.78 is 32.6. The Morgan fingerprint density at radius 3 is 2.30 bits per heavy atom. The summed E-state index contributed by atoms with van der Waals surface area (Å²) in [5.41, 5.74) is 0.975. The molecule has 6 nitrogen and oxygen atoms in total. The number of carbonyl (C=O) groups excluding carboxylic acids is 1. The molecule has 0 radical (unpaired) electrons. The molecule has 1 aliphatic rings. The summed E-state index contributed by atoms with van der Waals surface area (Å²) in [6, 6.07) is 13.7. The van der Waals surface area contributed by atoms with Crippen LogP contribution in [-0.4, -0.2) is 38.3 Å². The van der Waals surface area contributed by atoms with Gasteiger partial charge in [0.25, 0.3) is 0 Å². The summed E-state index contributed by atoms with van der Waals surface area (Å²) >= 11 is 5.91. The van der Waals surface area contributed by atoms with E-state index in [1.54, 1.807) is 36.4 Å². The number of carbonyl (C=O) groups is 1. The zero-order chi connectivity index (χ0) is 21.7. The zero-order valence-electron chi connectivity index (χ0n) is 17.2. The summed E-state index contributed by atoms with van der Waals surface area (Å²) in [5.74, 6) is 0.392. The van der Waals surface area contributed by atoms with Gasteiger partial charge in [-0.15, -0.1) is 0 Å². The highest BCUT2D eigenvalue weighted by Gasteiger charge is 2.32. The molecule has 0 saturated carbocycles. The summed E-state index contributed by atoms with van der Waals surface area (Å²) in [6.07, 6.45) is 0.991. The van der Waals surface area contributed by atoms with E-state index in [0.29, 0.717) is 43.3 Å². The smallest absolute Gasteiger partial charge is 0.243 e. The Kier molecular flexibility index (Phi) is 7.39. The fraction of sp³-hybridized carbons (Fsp3) is 0.409. The fourth-order valence-electron chi connectivity index (χ4n) is 3.55. The van der Waals surface area contributed by atoms with Gasteiger partial charge in [0.05, 0.1) is 17.5 Å². The molecule has 1 fully saturated rings. The molecule has 0 aliphatic carbocycles. The van der Waals surface area contributed by atoms with Crippen LogP contribution in [0.3, 0.4) is 0 Å². The van der Waals surface area contributed by atoms with E-state index < -0.39 is 10.0 Å². The van der Waals surface area contributed by atoms with Gasteiger partial charge in [-0.2, -0.15) is 4.31 Å². The Morgan fingerprint density at radius 1 is 1.13 bits per heavy atom. The van der Waals surface area contributed by atoms with Crippen LogP contribution in [0.25, 0.3) is 0 Å². The van der Waals surface area contributed by atoms with E-state index in [9.17, 15) is 13.2 Å². The van der Waals surface area contributed by atoms with Crippen molar-refractivity contribution in [1.29, 1.82) is 0 Å². The molecule has 0 aromatic heterocycles. The highest BCUT2D eigenvalue weighted by Crippen LogP contribution is 2.26. The number of hydrogen-bond acceptors (Lipinski definition) is 4. The van der Waals surface area contributed by atoms with E-state index in [1.807, 2.05) is 26.0 Å². The van der Waals surface area contributed by atoms with Gasteiger partial charge >= 0.3 is 0 Å². The first kappa shape index (κ1) is 22.6. The van der Waals surface area contributed by atoms with Crippen LogP contribution < -0.4 is 10.1 Å². The Hall–Kier alpha value is -2.09. The molecule has 2 aromatic carbocycles. The lowest BCUT2D eigenvalue weighted by molar-refractivity contribution is -0.126. The first-order valence-corrected chi connectivity index (χ1v) is 11.9. The number of benzene rings is 2. The highest BCUT2D eigenvalue weighted by molar-refractivity contribution is 7.89. The van der Waals surface area contributed by atoms with Gasteiger partial charge in [-0.3, -0.25) is 4.79 Å². The first-order valence-electron chi connectivity index (χ1n) is 10.1. The SMILES string of the molecule is CCOc1ccc(S(=O)(=O)N2CCC(C(=O)N[C@H](C)c3ccc(Cl)cc3)CC2)cc1. The van der Waals surface area contributed by atoms with Crippen LogP contribution in [0.1, 0.15) is 38.3 Å². The average molecular weight is 451 g/mol. The van der Waals surface area contributed by atoms with Crippen LogP contribution in [0.15, 0.2) is 53.4 Å². The maximum Gasteiger partial charge on any atom is 0.243 e. The molecule has 1 amide bonds. The molecule has 8 heteroatoms. The van der Waals surface area contributed by atoms with Crippen LogP contribution in [0.5, 0.6) is 5.75 Å². The number of piperidine rings is 1. The molecule has 1 saturated heterocycles. The number of nitrogens with one attached hydrogen (secondary N) is 1. The maximum absolute atomic E-state index is 12.9. The number of ether oxygens (including phenoxy) is 1. The van der Waals surface area contributed by atoms with Crippen molar-refractivity contribution in [3.8, 4) is 5.75 Å². The molecule has 1 N–H and O–H groups in total. The van der Waals surface area contributed by atoms with Crippen molar-refractivity contribution < 1.29 is 17.9 Å². The van der Waals surface area contributed by atoms with Gasteiger partial charge in [0, 0.05) is 24.0 Å². The van der Waals surface area contributed by atoms with Crippen molar-refractivity contribution >= 4 is 27.5 Å². The van der Waals surface area contributed by atoms with Gasteiger partial charge in [0.15, 0.2) is 0 Å². The lowest BCUT2D eigenvalue weighted by Crippen LogP contribution is -2.43. The third-order valence-corrected chi connectivity index (χ3v) is 7.49. The molecule has 0 spiro atoms. The predicted molar refractivity (Wildman–Crippen MR) is 117 cm³/mol. The summed E-state index contributed by atoms with van der Waals surface area (Å²) in [7, 11) is -3.58. The lowest BCUT2D eigenvalue weighted by atomic mass is 9.96. The van der Waals surface area contributed by atoms with Gasteiger partial charge in [-0.05, 0) is 68.7 Å². The molecule has 0 unspecified atom stereocenters. The van der Waals surface area contributed by atoms with Gasteiger partial charge in [0.1, 0.15) is 5.75 Å². The monoisotopic (exact) mass is 450 g/mol. The second-order valence-corrected chi connectivity index (χ2v) is 9.74. The van der Waals surface area contributed by atoms with Crippen molar-refractivity contribution in [2.24, 2.45) is 5.92 Å². The lowest BCUT2D eigenvalue weighted by Gasteiger charge is -2.31. The molecular weight excluding hydrogens is 424 g/mol. The molecule has 1 aliphatic heterocycles. The van der Waals surface area contributed by atoms with Gasteiger partial charge in [0.2, 0.25) is 15.9 Å². The predicted octanol–water partition coefficient (Wildman–Crippen LogP) is 4.02. The topological polar surface area (TPSA) is 75.7 Å². The highest BCUT2D eigenvalue weighted by atomic mass is 35.5. The standard InChI is InChI=1S/C22H27ClN2O4S/c1-3-29-20-8-10-21(11-9-20)30(27,28)25-14-12-18(13-15-25)22(26)24-16(2)17-4-6-19(23)7-5-17/h4-11,16,18H,3,12-15H2,1-2H3,(H,24,26)/t16-/m1/s1. The molecule has 1 atom stereocenters. The summed E-state index contributed by atoms with van der Waals surface area (Å²) in [4.78, 5) is 12.9. The van der Waals surface area contributed by atoms with E-state index in [-0.39, 0.29) is 22.8 Å². The van der Waals surface area contributed by atoms with E-state index >= 15 is 0 Å². The second-order valence-electron chi connectivity index (χ2n) is 7.36.